The van der Waals surface area contributed by atoms with Crippen molar-refractivity contribution in [3.05, 3.63) is 29.3 Å². The molecule has 0 aromatic heterocycles. The lowest BCUT2D eigenvalue weighted by molar-refractivity contribution is -0.133. The Morgan fingerprint density at radius 3 is 3.00 bits per heavy atom. The van der Waals surface area contributed by atoms with E-state index in [4.69, 9.17) is 9.84 Å². The molecule has 21 heavy (non-hydrogen) atoms. The fourth-order valence-corrected chi connectivity index (χ4v) is 2.27. The van der Waals surface area contributed by atoms with Crippen LogP contribution in [0.1, 0.15) is 37.3 Å². The number of aryl methyl sites for hydroxylation is 1. The number of ether oxygens (including phenoxy) is 1. The third kappa shape index (κ3) is 3.84. The average Bonchev–Trinajstić information content (AvgIpc) is 2.91. The van der Waals surface area contributed by atoms with Crippen LogP contribution in [-0.2, 0) is 9.53 Å². The molecule has 2 rings (SSSR count). The number of rotatable bonds is 3. The maximum absolute atomic E-state index is 12.4. The molecule has 0 radical (unpaired) electrons. The number of aliphatic hydroxyl groups is 1. The van der Waals surface area contributed by atoms with Gasteiger partial charge in [0, 0.05) is 24.3 Å². The summed E-state index contributed by atoms with van der Waals surface area (Å²) in [5.41, 5.74) is 1.83. The molecule has 1 unspecified atom stereocenters. The van der Waals surface area contributed by atoms with E-state index in [1.54, 1.807) is 0 Å². The molecule has 0 aliphatic carbocycles. The molecule has 2 N–H and O–H groups in total. The van der Waals surface area contributed by atoms with E-state index >= 15 is 0 Å². The standard InChI is InChI=1S/C17H21NO3/c1-13-7-8-14(6-3-4-10-19)12-15(13)18-16(20)17(2)9-5-11-21-17/h7-8,12,19H,4-5,9-11H2,1-2H3,(H,18,20). The Kier molecular flexibility index (Phi) is 5.00. The van der Waals surface area contributed by atoms with Crippen LogP contribution < -0.4 is 5.32 Å². The molecular formula is C17H21NO3. The first kappa shape index (κ1) is 15.6. The molecule has 4 nitrogen and oxygen atoms in total. The Morgan fingerprint density at radius 2 is 2.33 bits per heavy atom. The first-order chi connectivity index (χ1) is 10.0. The third-order valence-electron chi connectivity index (χ3n) is 3.65. The second-order valence-electron chi connectivity index (χ2n) is 5.44. The number of hydrogen-bond acceptors (Lipinski definition) is 3. The summed E-state index contributed by atoms with van der Waals surface area (Å²) in [6.45, 7) is 4.46. The van der Waals surface area contributed by atoms with Gasteiger partial charge in [-0.15, -0.1) is 0 Å². The van der Waals surface area contributed by atoms with Gasteiger partial charge in [-0.05, 0) is 44.4 Å². The number of aliphatic hydroxyl groups excluding tert-OH is 1. The number of hydrogen-bond donors (Lipinski definition) is 2. The maximum atomic E-state index is 12.4. The third-order valence-corrected chi connectivity index (χ3v) is 3.65. The molecular weight excluding hydrogens is 266 g/mol. The molecule has 112 valence electrons. The largest absolute Gasteiger partial charge is 0.395 e. The van der Waals surface area contributed by atoms with Gasteiger partial charge in [-0.1, -0.05) is 17.9 Å². The Balaban J connectivity index is 2.14. The maximum Gasteiger partial charge on any atom is 0.256 e. The van der Waals surface area contributed by atoms with Gasteiger partial charge in [0.2, 0.25) is 0 Å². The van der Waals surface area contributed by atoms with Crippen molar-refractivity contribution in [2.45, 2.75) is 38.7 Å². The highest BCUT2D eigenvalue weighted by Gasteiger charge is 2.37. The molecule has 1 fully saturated rings. The highest BCUT2D eigenvalue weighted by Crippen LogP contribution is 2.27. The first-order valence-electron chi connectivity index (χ1n) is 7.21. The minimum atomic E-state index is -0.731. The topological polar surface area (TPSA) is 58.6 Å². The van der Waals surface area contributed by atoms with Gasteiger partial charge in [-0.3, -0.25) is 4.79 Å². The van der Waals surface area contributed by atoms with Crippen molar-refractivity contribution in [1.82, 2.24) is 0 Å². The SMILES string of the molecule is Cc1ccc(C#CCCO)cc1NC(=O)C1(C)CCCO1. The summed E-state index contributed by atoms with van der Waals surface area (Å²) in [6.07, 6.45) is 2.10. The molecule has 1 aliphatic rings. The molecule has 0 bridgehead atoms. The van der Waals surface area contributed by atoms with Crippen molar-refractivity contribution in [2.75, 3.05) is 18.5 Å². The fourth-order valence-electron chi connectivity index (χ4n) is 2.27. The van der Waals surface area contributed by atoms with E-state index in [9.17, 15) is 4.79 Å². The number of carbonyl (C=O) groups is 1. The second kappa shape index (κ2) is 6.75. The quantitative estimate of drug-likeness (QED) is 0.838. The summed E-state index contributed by atoms with van der Waals surface area (Å²) in [6, 6.07) is 5.69. The zero-order chi connectivity index (χ0) is 15.3. The number of benzene rings is 1. The number of amides is 1. The van der Waals surface area contributed by atoms with Crippen molar-refractivity contribution in [3.8, 4) is 11.8 Å². The summed E-state index contributed by atoms with van der Waals surface area (Å²) < 4.78 is 5.56. The number of carbonyl (C=O) groups excluding carboxylic acids is 1. The molecule has 0 saturated carbocycles. The lowest BCUT2D eigenvalue weighted by Gasteiger charge is -2.22. The lowest BCUT2D eigenvalue weighted by Crippen LogP contribution is -2.39. The van der Waals surface area contributed by atoms with E-state index in [2.05, 4.69) is 17.2 Å². The molecule has 1 heterocycles. The van der Waals surface area contributed by atoms with Crippen LogP contribution in [0, 0.1) is 18.8 Å². The van der Waals surface area contributed by atoms with Crippen LogP contribution in [0.4, 0.5) is 5.69 Å². The summed E-state index contributed by atoms with van der Waals surface area (Å²) in [4.78, 5) is 12.4. The molecule has 1 aromatic carbocycles. The second-order valence-corrected chi connectivity index (χ2v) is 5.44. The average molecular weight is 287 g/mol. The molecule has 1 aromatic rings. The monoisotopic (exact) mass is 287 g/mol. The van der Waals surface area contributed by atoms with Crippen LogP contribution in [0.15, 0.2) is 18.2 Å². The summed E-state index contributed by atoms with van der Waals surface area (Å²) >= 11 is 0. The van der Waals surface area contributed by atoms with Gasteiger partial charge in [0.15, 0.2) is 0 Å². The van der Waals surface area contributed by atoms with E-state index in [0.717, 1.165) is 29.7 Å². The van der Waals surface area contributed by atoms with Gasteiger partial charge in [0.1, 0.15) is 5.60 Å². The normalized spacial score (nSPS) is 20.7. The van der Waals surface area contributed by atoms with Gasteiger partial charge >= 0.3 is 0 Å². The van der Waals surface area contributed by atoms with Gasteiger partial charge in [-0.25, -0.2) is 0 Å². The molecule has 1 saturated heterocycles. The number of nitrogens with one attached hydrogen (secondary N) is 1. The van der Waals surface area contributed by atoms with Crippen LogP contribution in [0.25, 0.3) is 0 Å². The molecule has 4 heteroatoms. The predicted octanol–water partition coefficient (Wildman–Crippen LogP) is 2.24. The van der Waals surface area contributed by atoms with Crippen LogP contribution in [-0.4, -0.2) is 29.8 Å². The van der Waals surface area contributed by atoms with E-state index in [1.807, 2.05) is 32.0 Å². The Morgan fingerprint density at radius 1 is 1.52 bits per heavy atom. The van der Waals surface area contributed by atoms with Crippen LogP contribution in [0.2, 0.25) is 0 Å². The Bertz CT molecular complexity index is 577. The smallest absolute Gasteiger partial charge is 0.256 e. The van der Waals surface area contributed by atoms with Gasteiger partial charge in [0.25, 0.3) is 5.91 Å². The van der Waals surface area contributed by atoms with Crippen molar-refractivity contribution in [1.29, 1.82) is 0 Å². The van der Waals surface area contributed by atoms with Crippen molar-refractivity contribution in [2.24, 2.45) is 0 Å². The highest BCUT2D eigenvalue weighted by molar-refractivity contribution is 5.97. The lowest BCUT2D eigenvalue weighted by atomic mass is 10.0. The highest BCUT2D eigenvalue weighted by atomic mass is 16.5. The van der Waals surface area contributed by atoms with E-state index in [1.165, 1.54) is 0 Å². The first-order valence-corrected chi connectivity index (χ1v) is 7.21. The van der Waals surface area contributed by atoms with Crippen LogP contribution >= 0.6 is 0 Å². The molecule has 1 atom stereocenters. The fraction of sp³-hybridized carbons (Fsp3) is 0.471. The van der Waals surface area contributed by atoms with E-state index in [-0.39, 0.29) is 12.5 Å². The minimum Gasteiger partial charge on any atom is -0.395 e. The summed E-state index contributed by atoms with van der Waals surface area (Å²) in [7, 11) is 0. The van der Waals surface area contributed by atoms with Crippen molar-refractivity contribution >= 4 is 11.6 Å². The number of anilines is 1. The summed E-state index contributed by atoms with van der Waals surface area (Å²) in [5.74, 6) is 5.74. The predicted molar refractivity (Wildman–Crippen MR) is 82.0 cm³/mol. The molecule has 1 amide bonds. The van der Waals surface area contributed by atoms with Gasteiger partial charge in [0.05, 0.1) is 6.61 Å². The zero-order valence-electron chi connectivity index (χ0n) is 12.5. The zero-order valence-corrected chi connectivity index (χ0v) is 12.5. The van der Waals surface area contributed by atoms with Crippen LogP contribution in [0.3, 0.4) is 0 Å². The van der Waals surface area contributed by atoms with Crippen molar-refractivity contribution < 1.29 is 14.6 Å². The Labute approximate surface area is 125 Å². The molecule has 0 spiro atoms. The Hall–Kier alpha value is -1.83. The van der Waals surface area contributed by atoms with E-state index < -0.39 is 5.60 Å². The van der Waals surface area contributed by atoms with Crippen molar-refractivity contribution in [3.63, 3.8) is 0 Å². The van der Waals surface area contributed by atoms with E-state index in [0.29, 0.717) is 13.0 Å². The molecule has 1 aliphatic heterocycles. The minimum absolute atomic E-state index is 0.0537. The van der Waals surface area contributed by atoms with Gasteiger partial charge < -0.3 is 15.2 Å². The summed E-state index contributed by atoms with van der Waals surface area (Å²) in [5, 5.41) is 11.7. The van der Waals surface area contributed by atoms with Crippen LogP contribution in [0.5, 0.6) is 0 Å². The van der Waals surface area contributed by atoms with Gasteiger partial charge in [-0.2, -0.15) is 0 Å².